The number of hydrogen-bond donors (Lipinski definition) is 6. The maximum Gasteiger partial charge on any atom is 0.355 e. The Morgan fingerprint density at radius 1 is 0.914 bits per heavy atom. The Kier molecular flexibility index (Phi) is 6.45. The molecule has 0 saturated carbocycles. The summed E-state index contributed by atoms with van der Waals surface area (Å²) in [7, 11) is 0. The van der Waals surface area contributed by atoms with Crippen LogP contribution >= 0.6 is 0 Å². The lowest BCUT2D eigenvalue weighted by Crippen LogP contribution is -2.47. The van der Waals surface area contributed by atoms with Gasteiger partial charge in [-0.3, -0.25) is 24.4 Å². The van der Waals surface area contributed by atoms with Gasteiger partial charge in [0.05, 0.1) is 17.7 Å². The Balaban J connectivity index is 0.000000198. The van der Waals surface area contributed by atoms with E-state index in [2.05, 4.69) is 40.6 Å². The molecule has 4 rings (SSSR count). The van der Waals surface area contributed by atoms with Gasteiger partial charge < -0.3 is 26.8 Å². The molecule has 0 unspecified atom stereocenters. The standard InChI is InChI=1S/C11H15N5O3.C9H11N5O2/c1-4-19-9(18)6-11(2,3)16-7-5(13-6)8(17)15-10(12)14-7;1-9(2)4(3-15)11-5-6(14-9)12-8(10)13-7(5)16/h4H2,1-3H3,(H4,12,14,15,16,17);3H,1-2H3,(H4,10,12,13,14,16). The minimum absolute atomic E-state index is 0.0109. The molecule has 186 valence electrons. The van der Waals surface area contributed by atoms with Crippen LogP contribution in [0, 0.1) is 0 Å². The molecule has 0 aliphatic carbocycles. The van der Waals surface area contributed by atoms with Gasteiger partial charge in [-0.1, -0.05) is 0 Å². The zero-order chi connectivity index (χ0) is 26.1. The summed E-state index contributed by atoms with van der Waals surface area (Å²) in [4.78, 5) is 66.5. The van der Waals surface area contributed by atoms with Gasteiger partial charge in [0, 0.05) is 0 Å². The molecule has 2 aromatic rings. The minimum Gasteiger partial charge on any atom is -0.461 e. The summed E-state index contributed by atoms with van der Waals surface area (Å²) < 4.78 is 4.93. The summed E-state index contributed by atoms with van der Waals surface area (Å²) in [6.07, 6.45) is 0.617. The van der Waals surface area contributed by atoms with Crippen LogP contribution in [-0.2, 0) is 14.3 Å². The monoisotopic (exact) mass is 486 g/mol. The third-order valence-corrected chi connectivity index (χ3v) is 4.96. The number of nitrogens with two attached hydrogens (primary N) is 2. The van der Waals surface area contributed by atoms with Crippen LogP contribution in [0.2, 0.25) is 0 Å². The number of H-pyrrole nitrogens is 2. The molecule has 2 aromatic heterocycles. The number of aromatic nitrogens is 4. The summed E-state index contributed by atoms with van der Waals surface area (Å²) in [5.41, 5.74) is 8.92. The number of carbonyl (C=O) groups excluding carboxylic acids is 2. The number of esters is 1. The number of carbonyl (C=O) groups is 2. The van der Waals surface area contributed by atoms with Crippen molar-refractivity contribution >= 4 is 58.6 Å². The molecule has 4 heterocycles. The Bertz CT molecular complexity index is 1370. The normalized spacial score (nSPS) is 16.5. The minimum atomic E-state index is -0.799. The van der Waals surface area contributed by atoms with E-state index in [0.29, 0.717) is 6.29 Å². The first-order valence-corrected chi connectivity index (χ1v) is 10.5. The average molecular weight is 486 g/mol. The largest absolute Gasteiger partial charge is 0.461 e. The van der Waals surface area contributed by atoms with E-state index >= 15 is 0 Å². The van der Waals surface area contributed by atoms with E-state index in [4.69, 9.17) is 16.2 Å². The van der Waals surface area contributed by atoms with Gasteiger partial charge in [0.1, 0.15) is 5.71 Å². The zero-order valence-corrected chi connectivity index (χ0v) is 19.8. The van der Waals surface area contributed by atoms with Crippen molar-refractivity contribution in [2.75, 3.05) is 28.7 Å². The highest BCUT2D eigenvalue weighted by atomic mass is 16.5. The van der Waals surface area contributed by atoms with E-state index in [1.807, 2.05) is 0 Å². The van der Waals surface area contributed by atoms with Gasteiger partial charge in [-0.25, -0.2) is 14.8 Å². The van der Waals surface area contributed by atoms with Crippen LogP contribution in [0.15, 0.2) is 19.6 Å². The number of nitrogens with zero attached hydrogens (tertiary/aromatic N) is 4. The highest BCUT2D eigenvalue weighted by Crippen LogP contribution is 2.30. The van der Waals surface area contributed by atoms with Gasteiger partial charge in [-0.05, 0) is 34.6 Å². The second-order valence-electron chi connectivity index (χ2n) is 8.59. The second-order valence-corrected chi connectivity index (χ2v) is 8.59. The molecule has 0 aromatic carbocycles. The van der Waals surface area contributed by atoms with E-state index in [0.717, 1.165) is 0 Å². The maximum absolute atomic E-state index is 11.9. The molecule has 0 radical (unpaired) electrons. The molecule has 0 amide bonds. The summed E-state index contributed by atoms with van der Waals surface area (Å²) >= 11 is 0. The molecule has 8 N–H and O–H groups in total. The lowest BCUT2D eigenvalue weighted by atomic mass is 9.96. The van der Waals surface area contributed by atoms with Crippen LogP contribution in [-0.4, -0.2) is 61.3 Å². The van der Waals surface area contributed by atoms with Crippen LogP contribution in [0.3, 0.4) is 0 Å². The van der Waals surface area contributed by atoms with Crippen molar-refractivity contribution in [2.24, 2.45) is 9.98 Å². The van der Waals surface area contributed by atoms with Crippen molar-refractivity contribution < 1.29 is 14.3 Å². The number of nitrogens with one attached hydrogen (secondary N) is 4. The quantitative estimate of drug-likeness (QED) is 0.250. The third kappa shape index (κ3) is 5.02. The number of hydrogen-bond acceptors (Lipinski definition) is 13. The van der Waals surface area contributed by atoms with Crippen LogP contribution in [0.25, 0.3) is 0 Å². The second kappa shape index (κ2) is 9.00. The molecule has 0 fully saturated rings. The van der Waals surface area contributed by atoms with Crippen LogP contribution in [0.1, 0.15) is 34.6 Å². The molecular formula is C20H26N10O5. The van der Waals surface area contributed by atoms with Crippen molar-refractivity contribution in [3.05, 3.63) is 20.7 Å². The van der Waals surface area contributed by atoms with Gasteiger partial charge >= 0.3 is 5.97 Å². The number of fused-ring (bicyclic) bond motifs is 2. The van der Waals surface area contributed by atoms with Crippen molar-refractivity contribution in [3.63, 3.8) is 0 Å². The number of anilines is 4. The summed E-state index contributed by atoms with van der Waals surface area (Å²) in [5.74, 6) is -0.0309. The summed E-state index contributed by atoms with van der Waals surface area (Å²) in [6.45, 7) is 8.95. The van der Waals surface area contributed by atoms with E-state index in [1.54, 1.807) is 34.6 Å². The van der Waals surface area contributed by atoms with Gasteiger partial charge in [0.2, 0.25) is 11.9 Å². The first-order chi connectivity index (χ1) is 16.3. The smallest absolute Gasteiger partial charge is 0.355 e. The van der Waals surface area contributed by atoms with Gasteiger partial charge in [-0.15, -0.1) is 0 Å². The third-order valence-electron chi connectivity index (χ3n) is 4.96. The Labute approximate surface area is 198 Å². The molecule has 0 bridgehead atoms. The molecular weight excluding hydrogens is 460 g/mol. The number of rotatable bonds is 3. The Morgan fingerprint density at radius 2 is 1.40 bits per heavy atom. The average Bonchev–Trinajstić information content (AvgIpc) is 2.71. The first kappa shape index (κ1) is 25.1. The Morgan fingerprint density at radius 3 is 1.89 bits per heavy atom. The summed E-state index contributed by atoms with van der Waals surface area (Å²) in [5, 5.41) is 5.91. The van der Waals surface area contributed by atoms with Crippen LogP contribution < -0.4 is 33.2 Å². The fourth-order valence-electron chi connectivity index (χ4n) is 3.25. The van der Waals surface area contributed by atoms with Gasteiger partial charge in [0.15, 0.2) is 35.0 Å². The highest BCUT2D eigenvalue weighted by Gasteiger charge is 2.37. The van der Waals surface area contributed by atoms with E-state index < -0.39 is 28.2 Å². The van der Waals surface area contributed by atoms with E-state index in [9.17, 15) is 19.2 Å². The number of nitrogen functional groups attached to an aromatic ring is 2. The van der Waals surface area contributed by atoms with Crippen molar-refractivity contribution in [1.82, 2.24) is 19.9 Å². The molecule has 2 aliphatic rings. The van der Waals surface area contributed by atoms with Gasteiger partial charge in [0.25, 0.3) is 11.1 Å². The Hall–Kier alpha value is -4.56. The van der Waals surface area contributed by atoms with Crippen molar-refractivity contribution in [2.45, 2.75) is 45.7 Å². The molecule has 0 atom stereocenters. The maximum atomic E-state index is 11.9. The predicted octanol–water partition coefficient (Wildman–Crippen LogP) is 0.0194. The van der Waals surface area contributed by atoms with Gasteiger partial charge in [-0.2, -0.15) is 9.97 Å². The van der Waals surface area contributed by atoms with E-state index in [1.165, 1.54) is 0 Å². The zero-order valence-electron chi connectivity index (χ0n) is 19.8. The molecule has 15 nitrogen and oxygen atoms in total. The van der Waals surface area contributed by atoms with E-state index in [-0.39, 0.29) is 52.9 Å². The lowest BCUT2D eigenvalue weighted by molar-refractivity contribution is -0.135. The number of aliphatic imine (C=N–C) groups is 2. The predicted molar refractivity (Wildman–Crippen MR) is 131 cm³/mol. The fraction of sp³-hybridized carbons (Fsp3) is 0.400. The number of aromatic amines is 2. The topological polar surface area (TPSA) is 236 Å². The molecule has 0 saturated heterocycles. The lowest BCUT2D eigenvalue weighted by Gasteiger charge is -2.31. The first-order valence-electron chi connectivity index (χ1n) is 10.5. The van der Waals surface area contributed by atoms with Crippen LogP contribution in [0.4, 0.5) is 34.9 Å². The molecule has 0 spiro atoms. The van der Waals surface area contributed by atoms with Crippen molar-refractivity contribution in [3.8, 4) is 0 Å². The molecule has 35 heavy (non-hydrogen) atoms. The van der Waals surface area contributed by atoms with Crippen LogP contribution in [0.5, 0.6) is 0 Å². The highest BCUT2D eigenvalue weighted by molar-refractivity contribution is 6.41. The number of ether oxygens (including phenoxy) is 1. The SMILES string of the molecule is CC1(C)Nc2nc(N)[nH]c(=O)c2N=C1C=O.CCOC(=O)C1=Nc2c(nc(N)[nH]c2=O)NC1(C)C. The molecule has 15 heteroatoms. The summed E-state index contributed by atoms with van der Waals surface area (Å²) in [6, 6.07) is 0. The molecule has 2 aliphatic heterocycles. The van der Waals surface area contributed by atoms with Crippen molar-refractivity contribution in [1.29, 1.82) is 0 Å². The number of aldehydes is 1. The fourth-order valence-corrected chi connectivity index (χ4v) is 3.25.